The predicted octanol–water partition coefficient (Wildman–Crippen LogP) is 1.12. The minimum Gasteiger partial charge on any atom is -0.414 e. The van der Waals surface area contributed by atoms with Crippen molar-refractivity contribution in [3.8, 4) is 0 Å². The summed E-state index contributed by atoms with van der Waals surface area (Å²) < 4.78 is 11.7. The van der Waals surface area contributed by atoms with E-state index in [4.69, 9.17) is 9.16 Å². The van der Waals surface area contributed by atoms with Crippen molar-refractivity contribution < 1.29 is 14.3 Å². The van der Waals surface area contributed by atoms with Crippen LogP contribution in [-0.2, 0) is 9.16 Å². The summed E-state index contributed by atoms with van der Waals surface area (Å²) in [7, 11) is 0.280. The molecule has 0 radical (unpaired) electrons. The highest BCUT2D eigenvalue weighted by molar-refractivity contribution is 6.74. The van der Waals surface area contributed by atoms with Gasteiger partial charge < -0.3 is 14.3 Å². The van der Waals surface area contributed by atoms with Gasteiger partial charge in [0.05, 0.1) is 12.7 Å². The van der Waals surface area contributed by atoms with Crippen molar-refractivity contribution in [2.45, 2.75) is 63.5 Å². The van der Waals surface area contributed by atoms with Crippen LogP contribution in [0.1, 0.15) is 27.2 Å². The first-order valence-corrected chi connectivity index (χ1v) is 9.02. The maximum Gasteiger partial charge on any atom is 0.192 e. The lowest BCUT2D eigenvalue weighted by Crippen LogP contribution is -2.43. The molecule has 0 aromatic heterocycles. The molecule has 0 spiro atoms. The number of hydrogen-bond acceptors (Lipinski definition) is 3. The van der Waals surface area contributed by atoms with Crippen molar-refractivity contribution in [2.75, 3.05) is 6.61 Å². The summed E-state index contributed by atoms with van der Waals surface area (Å²) in [5, 5.41) is 9.98. The van der Waals surface area contributed by atoms with Crippen molar-refractivity contribution in [1.29, 1.82) is 0 Å². The Bertz CT molecular complexity index is 240. The molecule has 94 valence electrons. The van der Waals surface area contributed by atoms with Gasteiger partial charge in [0.1, 0.15) is 14.0 Å². The lowest BCUT2D eigenvalue weighted by atomic mass is 9.96. The van der Waals surface area contributed by atoms with Crippen LogP contribution in [0.5, 0.6) is 0 Å². The zero-order valence-electron chi connectivity index (χ0n) is 11.4. The molecular formula is C11H25BO3Si. The summed E-state index contributed by atoms with van der Waals surface area (Å²) in [5.41, 5.74) is 0. The monoisotopic (exact) mass is 244 g/mol. The van der Waals surface area contributed by atoms with Crippen LogP contribution in [0.2, 0.25) is 18.1 Å². The van der Waals surface area contributed by atoms with E-state index in [0.717, 1.165) is 6.42 Å². The van der Waals surface area contributed by atoms with Gasteiger partial charge in [0, 0.05) is 6.00 Å². The topological polar surface area (TPSA) is 38.7 Å². The Morgan fingerprint density at radius 2 is 2.00 bits per heavy atom. The molecule has 0 saturated carbocycles. The summed E-state index contributed by atoms with van der Waals surface area (Å²) in [5.74, 6) is 0. The summed E-state index contributed by atoms with van der Waals surface area (Å²) in [6, 6.07) is 0.156. The minimum absolute atomic E-state index is 0.135. The zero-order chi connectivity index (χ0) is 12.6. The predicted molar refractivity (Wildman–Crippen MR) is 71.0 cm³/mol. The van der Waals surface area contributed by atoms with E-state index in [9.17, 15) is 5.11 Å². The number of rotatable bonds is 3. The van der Waals surface area contributed by atoms with Gasteiger partial charge >= 0.3 is 0 Å². The van der Waals surface area contributed by atoms with Crippen LogP contribution in [0.4, 0.5) is 0 Å². The van der Waals surface area contributed by atoms with Crippen LogP contribution in [0.3, 0.4) is 0 Å². The van der Waals surface area contributed by atoms with Crippen LogP contribution >= 0.6 is 0 Å². The van der Waals surface area contributed by atoms with Gasteiger partial charge in [-0.05, 0) is 24.6 Å². The maximum atomic E-state index is 9.77. The zero-order valence-corrected chi connectivity index (χ0v) is 12.4. The van der Waals surface area contributed by atoms with Crippen LogP contribution in [0.15, 0.2) is 0 Å². The molecule has 1 N–H and O–H groups in total. The molecule has 1 heterocycles. The molecule has 1 rings (SSSR count). The van der Waals surface area contributed by atoms with E-state index in [2.05, 4.69) is 33.9 Å². The molecule has 0 bridgehead atoms. The first-order chi connectivity index (χ1) is 7.13. The average Bonchev–Trinajstić information content (AvgIpc) is 2.39. The van der Waals surface area contributed by atoms with Crippen LogP contribution in [0.25, 0.3) is 0 Å². The van der Waals surface area contributed by atoms with Gasteiger partial charge in [-0.25, -0.2) is 0 Å². The molecule has 0 aromatic rings. The highest BCUT2D eigenvalue weighted by atomic mass is 28.4. The second-order valence-electron chi connectivity index (χ2n) is 6.36. The highest BCUT2D eigenvalue weighted by Crippen LogP contribution is 2.37. The van der Waals surface area contributed by atoms with Crippen LogP contribution < -0.4 is 0 Å². The second kappa shape index (κ2) is 4.80. The average molecular weight is 244 g/mol. The smallest absolute Gasteiger partial charge is 0.192 e. The standard InChI is InChI=1S/C11H25BO3Si/c1-11(2,3)16(4,5)14-7-9-8(13)6-10(12)15-9/h8-10,13H,6-7,12H2,1-5H3/t8?,9-,10-/m1/s1. The quantitative estimate of drug-likeness (QED) is 0.756. The SMILES string of the molecule is B[C@H]1CC(O)[C@@H](CO[Si](C)(C)C(C)(C)C)O1. The molecule has 3 atom stereocenters. The molecule has 1 aliphatic heterocycles. The summed E-state index contributed by atoms with van der Waals surface area (Å²) in [4.78, 5) is 0. The summed E-state index contributed by atoms with van der Waals surface area (Å²) in [6.07, 6.45) is 0.231. The molecule has 1 fully saturated rings. The van der Waals surface area contributed by atoms with E-state index in [1.165, 1.54) is 0 Å². The van der Waals surface area contributed by atoms with E-state index in [0.29, 0.717) is 6.61 Å². The maximum absolute atomic E-state index is 9.77. The number of aliphatic hydroxyl groups excluding tert-OH is 1. The van der Waals surface area contributed by atoms with Crippen molar-refractivity contribution in [2.24, 2.45) is 0 Å². The molecular weight excluding hydrogens is 219 g/mol. The first-order valence-electron chi connectivity index (χ1n) is 6.11. The Morgan fingerprint density at radius 1 is 1.44 bits per heavy atom. The van der Waals surface area contributed by atoms with Crippen molar-refractivity contribution in [1.82, 2.24) is 0 Å². The van der Waals surface area contributed by atoms with Gasteiger partial charge in [0.25, 0.3) is 0 Å². The van der Waals surface area contributed by atoms with Crippen molar-refractivity contribution >= 4 is 16.2 Å². The fraction of sp³-hybridized carbons (Fsp3) is 1.00. The lowest BCUT2D eigenvalue weighted by Gasteiger charge is -2.37. The van der Waals surface area contributed by atoms with Gasteiger partial charge in [-0.15, -0.1) is 0 Å². The third-order valence-electron chi connectivity index (χ3n) is 3.82. The van der Waals surface area contributed by atoms with E-state index < -0.39 is 8.32 Å². The second-order valence-corrected chi connectivity index (χ2v) is 11.2. The van der Waals surface area contributed by atoms with Gasteiger partial charge in [0.2, 0.25) is 0 Å². The Hall–Kier alpha value is 0.162. The number of hydrogen-bond donors (Lipinski definition) is 1. The minimum atomic E-state index is -1.72. The third kappa shape index (κ3) is 3.33. The van der Waals surface area contributed by atoms with Crippen LogP contribution in [-0.4, -0.2) is 46.1 Å². The van der Waals surface area contributed by atoms with Gasteiger partial charge in [0.15, 0.2) is 8.32 Å². The molecule has 1 aliphatic rings. The fourth-order valence-electron chi connectivity index (χ4n) is 1.59. The summed E-state index contributed by atoms with van der Waals surface area (Å²) in [6.45, 7) is 11.6. The number of aliphatic hydroxyl groups is 1. The molecule has 3 nitrogen and oxygen atoms in total. The van der Waals surface area contributed by atoms with Crippen molar-refractivity contribution in [3.63, 3.8) is 0 Å². The molecule has 1 unspecified atom stereocenters. The van der Waals surface area contributed by atoms with E-state index in [1.807, 2.05) is 7.85 Å². The lowest BCUT2D eigenvalue weighted by molar-refractivity contribution is -0.000757. The fourth-order valence-corrected chi connectivity index (χ4v) is 2.61. The van der Waals surface area contributed by atoms with Crippen LogP contribution in [0, 0.1) is 0 Å². The molecule has 1 saturated heterocycles. The van der Waals surface area contributed by atoms with E-state index in [1.54, 1.807) is 0 Å². The van der Waals surface area contributed by atoms with Gasteiger partial charge in [-0.2, -0.15) is 0 Å². The first kappa shape index (κ1) is 14.2. The Kier molecular flexibility index (Phi) is 4.27. The molecule has 0 aliphatic carbocycles. The van der Waals surface area contributed by atoms with Crippen molar-refractivity contribution in [3.05, 3.63) is 0 Å². The van der Waals surface area contributed by atoms with E-state index >= 15 is 0 Å². The Balaban J connectivity index is 2.46. The molecule has 16 heavy (non-hydrogen) atoms. The normalized spacial score (nSPS) is 32.0. The van der Waals surface area contributed by atoms with Gasteiger partial charge in [-0.1, -0.05) is 20.8 Å². The largest absolute Gasteiger partial charge is 0.414 e. The molecule has 5 heteroatoms. The van der Waals surface area contributed by atoms with E-state index in [-0.39, 0.29) is 23.2 Å². The number of ether oxygens (including phenoxy) is 1. The Morgan fingerprint density at radius 3 is 2.38 bits per heavy atom. The summed E-state index contributed by atoms with van der Waals surface area (Å²) >= 11 is 0. The molecule has 0 amide bonds. The molecule has 0 aromatic carbocycles. The third-order valence-corrected chi connectivity index (χ3v) is 8.33. The van der Waals surface area contributed by atoms with Gasteiger partial charge in [-0.3, -0.25) is 0 Å². The highest BCUT2D eigenvalue weighted by Gasteiger charge is 2.39. The Labute approximate surface area is 101 Å².